The molecule has 0 aromatic heterocycles. The van der Waals surface area contributed by atoms with Crippen LogP contribution in [0.25, 0.3) is 0 Å². The first kappa shape index (κ1) is 17.8. The van der Waals surface area contributed by atoms with Gasteiger partial charge in [-0.15, -0.1) is 0 Å². The summed E-state index contributed by atoms with van der Waals surface area (Å²) in [5, 5.41) is 11.4. The van der Waals surface area contributed by atoms with Crippen LogP contribution in [0, 0.1) is 5.92 Å². The number of ether oxygens (including phenoxy) is 2. The van der Waals surface area contributed by atoms with Crippen LogP contribution in [0.3, 0.4) is 0 Å². The van der Waals surface area contributed by atoms with Gasteiger partial charge in [-0.3, -0.25) is 0 Å². The molecule has 1 amide bonds. The lowest BCUT2D eigenvalue weighted by atomic mass is 9.90. The number of aliphatic carboxylic acids is 1. The van der Waals surface area contributed by atoms with Gasteiger partial charge >= 0.3 is 12.1 Å². The van der Waals surface area contributed by atoms with Crippen LogP contribution in [-0.2, 0) is 14.3 Å². The van der Waals surface area contributed by atoms with Gasteiger partial charge in [0.25, 0.3) is 0 Å². The van der Waals surface area contributed by atoms with E-state index in [1.54, 1.807) is 20.8 Å². The topological polar surface area (TPSA) is 84.9 Å². The largest absolute Gasteiger partial charge is 0.480 e. The van der Waals surface area contributed by atoms with Gasteiger partial charge in [-0.1, -0.05) is 19.3 Å². The van der Waals surface area contributed by atoms with E-state index in [-0.39, 0.29) is 6.61 Å². The van der Waals surface area contributed by atoms with Crippen molar-refractivity contribution in [2.24, 2.45) is 5.92 Å². The summed E-state index contributed by atoms with van der Waals surface area (Å²) in [6.07, 6.45) is 5.23. The smallest absolute Gasteiger partial charge is 0.408 e. The molecule has 0 spiro atoms. The predicted octanol–water partition coefficient (Wildman–Crippen LogP) is 2.56. The Morgan fingerprint density at radius 2 is 1.86 bits per heavy atom. The predicted molar refractivity (Wildman–Crippen MR) is 78.2 cm³/mol. The molecule has 122 valence electrons. The Balaban J connectivity index is 2.32. The van der Waals surface area contributed by atoms with Gasteiger partial charge in [0, 0.05) is 6.61 Å². The molecule has 1 aliphatic carbocycles. The highest BCUT2D eigenvalue weighted by Crippen LogP contribution is 2.23. The van der Waals surface area contributed by atoms with Crippen molar-refractivity contribution >= 4 is 12.1 Å². The van der Waals surface area contributed by atoms with Crippen molar-refractivity contribution < 1.29 is 24.2 Å². The van der Waals surface area contributed by atoms with Gasteiger partial charge in [-0.05, 0) is 39.5 Å². The number of carboxylic acids is 1. The fourth-order valence-electron chi connectivity index (χ4n) is 2.33. The van der Waals surface area contributed by atoms with Crippen molar-refractivity contribution in [3.8, 4) is 0 Å². The normalized spacial score (nSPS) is 18.0. The molecule has 0 aromatic carbocycles. The van der Waals surface area contributed by atoms with Crippen molar-refractivity contribution in [3.63, 3.8) is 0 Å². The zero-order valence-electron chi connectivity index (χ0n) is 13.2. The van der Waals surface area contributed by atoms with E-state index in [4.69, 9.17) is 14.6 Å². The van der Waals surface area contributed by atoms with E-state index in [1.165, 1.54) is 19.3 Å². The van der Waals surface area contributed by atoms with Gasteiger partial charge in [0.05, 0.1) is 6.61 Å². The van der Waals surface area contributed by atoms with E-state index in [0.29, 0.717) is 12.5 Å². The molecule has 1 atom stereocenters. The lowest BCUT2D eigenvalue weighted by Gasteiger charge is -2.24. The van der Waals surface area contributed by atoms with Gasteiger partial charge in [0.1, 0.15) is 5.60 Å². The molecule has 0 bridgehead atoms. The van der Waals surface area contributed by atoms with Crippen LogP contribution >= 0.6 is 0 Å². The molecule has 1 rings (SSSR count). The zero-order chi connectivity index (χ0) is 15.9. The van der Waals surface area contributed by atoms with E-state index in [9.17, 15) is 9.59 Å². The average molecular weight is 301 g/mol. The number of carbonyl (C=O) groups is 2. The third-order valence-electron chi connectivity index (χ3n) is 3.35. The fraction of sp³-hybridized carbons (Fsp3) is 0.867. The first-order chi connectivity index (χ1) is 9.78. The van der Waals surface area contributed by atoms with Crippen LogP contribution in [0.1, 0.15) is 52.9 Å². The fourth-order valence-corrected chi connectivity index (χ4v) is 2.33. The highest BCUT2D eigenvalue weighted by atomic mass is 16.6. The number of carbonyl (C=O) groups excluding carboxylic acids is 1. The number of nitrogens with one attached hydrogen (secondary N) is 1. The minimum absolute atomic E-state index is 0.0366. The molecule has 6 nitrogen and oxygen atoms in total. The maximum Gasteiger partial charge on any atom is 0.408 e. The van der Waals surface area contributed by atoms with Crippen LogP contribution in [0.15, 0.2) is 0 Å². The molecule has 0 heterocycles. The van der Waals surface area contributed by atoms with Gasteiger partial charge in [0.15, 0.2) is 6.04 Å². The van der Waals surface area contributed by atoms with Crippen molar-refractivity contribution in [1.82, 2.24) is 5.32 Å². The summed E-state index contributed by atoms with van der Waals surface area (Å²) in [6.45, 7) is 5.69. The average Bonchev–Trinajstić information content (AvgIpc) is 2.36. The van der Waals surface area contributed by atoms with Crippen LogP contribution in [0.5, 0.6) is 0 Å². The third kappa shape index (κ3) is 7.90. The van der Waals surface area contributed by atoms with Gasteiger partial charge < -0.3 is 19.9 Å². The van der Waals surface area contributed by atoms with E-state index in [1.807, 2.05) is 0 Å². The maximum absolute atomic E-state index is 11.6. The van der Waals surface area contributed by atoms with Gasteiger partial charge in [-0.25, -0.2) is 9.59 Å². The molecule has 1 saturated carbocycles. The maximum atomic E-state index is 11.6. The van der Waals surface area contributed by atoms with Crippen LogP contribution < -0.4 is 5.32 Å². The summed E-state index contributed by atoms with van der Waals surface area (Å²) >= 11 is 0. The Morgan fingerprint density at radius 3 is 2.38 bits per heavy atom. The highest BCUT2D eigenvalue weighted by Gasteiger charge is 2.24. The molecule has 2 N–H and O–H groups in total. The Kier molecular flexibility index (Phi) is 6.95. The van der Waals surface area contributed by atoms with E-state index in [2.05, 4.69) is 5.32 Å². The Bertz CT molecular complexity index is 344. The summed E-state index contributed by atoms with van der Waals surface area (Å²) in [7, 11) is 0. The molecule has 0 saturated heterocycles. The minimum atomic E-state index is -1.12. The monoisotopic (exact) mass is 301 g/mol. The van der Waals surface area contributed by atoms with Crippen molar-refractivity contribution in [1.29, 1.82) is 0 Å². The van der Waals surface area contributed by atoms with Crippen molar-refractivity contribution in [2.45, 2.75) is 64.5 Å². The number of amides is 1. The first-order valence-electron chi connectivity index (χ1n) is 7.58. The molecule has 0 radical (unpaired) electrons. The minimum Gasteiger partial charge on any atom is -0.480 e. The Labute approximate surface area is 126 Å². The quantitative estimate of drug-likeness (QED) is 0.787. The number of rotatable bonds is 6. The summed E-state index contributed by atoms with van der Waals surface area (Å²) in [5.41, 5.74) is -0.657. The molecule has 1 fully saturated rings. The highest BCUT2D eigenvalue weighted by molar-refractivity contribution is 5.80. The Hall–Kier alpha value is -1.30. The lowest BCUT2D eigenvalue weighted by molar-refractivity contribution is -0.141. The van der Waals surface area contributed by atoms with Gasteiger partial charge in [-0.2, -0.15) is 0 Å². The zero-order valence-corrected chi connectivity index (χ0v) is 13.2. The summed E-state index contributed by atoms with van der Waals surface area (Å²) < 4.78 is 10.5. The molecular formula is C15H27NO5. The number of hydrogen-bond acceptors (Lipinski definition) is 4. The summed E-state index contributed by atoms with van der Waals surface area (Å²) in [6, 6.07) is -1.08. The number of alkyl carbamates (subject to hydrolysis) is 1. The van der Waals surface area contributed by atoms with Crippen molar-refractivity contribution in [2.75, 3.05) is 13.2 Å². The molecular weight excluding hydrogens is 274 g/mol. The first-order valence-corrected chi connectivity index (χ1v) is 7.58. The molecule has 0 aromatic rings. The van der Waals surface area contributed by atoms with Crippen LogP contribution in [-0.4, -0.2) is 42.0 Å². The molecule has 0 unspecified atom stereocenters. The molecule has 1 aliphatic rings. The summed E-state index contributed by atoms with van der Waals surface area (Å²) in [5.74, 6) is -0.612. The third-order valence-corrected chi connectivity index (χ3v) is 3.35. The molecule has 0 aliphatic heterocycles. The summed E-state index contributed by atoms with van der Waals surface area (Å²) in [4.78, 5) is 22.7. The molecule has 6 heteroatoms. The Morgan fingerprint density at radius 1 is 1.24 bits per heavy atom. The van der Waals surface area contributed by atoms with E-state index < -0.39 is 23.7 Å². The van der Waals surface area contributed by atoms with Crippen LogP contribution in [0.4, 0.5) is 4.79 Å². The van der Waals surface area contributed by atoms with Gasteiger partial charge in [0.2, 0.25) is 0 Å². The van der Waals surface area contributed by atoms with Crippen molar-refractivity contribution in [3.05, 3.63) is 0 Å². The van der Waals surface area contributed by atoms with Crippen LogP contribution in [0.2, 0.25) is 0 Å². The second-order valence-corrected chi connectivity index (χ2v) is 6.58. The second kappa shape index (κ2) is 8.22. The SMILES string of the molecule is CC(C)(C)OC(=O)N[C@@H](COCC1CCCCC1)C(=O)O. The van der Waals surface area contributed by atoms with E-state index in [0.717, 1.165) is 12.8 Å². The standard InChI is InChI=1S/C15H27NO5/c1-15(2,3)21-14(19)16-12(13(17)18)10-20-9-11-7-5-4-6-8-11/h11-12H,4-10H2,1-3H3,(H,16,19)(H,17,18)/t12-/m0/s1. The van der Waals surface area contributed by atoms with E-state index >= 15 is 0 Å². The number of hydrogen-bond donors (Lipinski definition) is 2. The number of carboxylic acid groups (broad SMARTS) is 1. The second-order valence-electron chi connectivity index (χ2n) is 6.58. The molecule has 21 heavy (non-hydrogen) atoms. The lowest BCUT2D eigenvalue weighted by Crippen LogP contribution is -2.46.